The summed E-state index contributed by atoms with van der Waals surface area (Å²) in [6, 6.07) is 0.0987. The monoisotopic (exact) mass is 286 g/mol. The molecule has 0 aromatic heterocycles. The second-order valence-electron chi connectivity index (χ2n) is 5.90. The van der Waals surface area contributed by atoms with Crippen molar-refractivity contribution in [3.63, 3.8) is 0 Å². The number of carbonyl (C=O) groups is 2. The summed E-state index contributed by atoms with van der Waals surface area (Å²) in [6.45, 7) is 2.48. The molecule has 0 saturated heterocycles. The van der Waals surface area contributed by atoms with Crippen LogP contribution in [0, 0.1) is 17.8 Å². The van der Waals surface area contributed by atoms with Gasteiger partial charge in [-0.1, -0.05) is 6.42 Å². The van der Waals surface area contributed by atoms with Crippen LogP contribution in [0.1, 0.15) is 39.0 Å². The Morgan fingerprint density at radius 2 is 2.05 bits per heavy atom. The van der Waals surface area contributed by atoms with Crippen LogP contribution in [0.4, 0.5) is 0 Å². The van der Waals surface area contributed by atoms with Gasteiger partial charge in [-0.25, -0.2) is 0 Å². The lowest BCUT2D eigenvalue weighted by Crippen LogP contribution is -2.47. The second kappa shape index (κ2) is 6.60. The fourth-order valence-corrected chi connectivity index (χ4v) is 3.77. The maximum absolute atomic E-state index is 11.8. The number of hydrogen-bond donors (Lipinski definition) is 2. The molecule has 0 aliphatic heterocycles. The van der Waals surface area contributed by atoms with Crippen molar-refractivity contribution in [2.24, 2.45) is 17.8 Å². The van der Waals surface area contributed by atoms with Crippen molar-refractivity contribution in [2.45, 2.75) is 45.1 Å². The lowest BCUT2D eigenvalue weighted by Gasteiger charge is -2.28. The van der Waals surface area contributed by atoms with Crippen molar-refractivity contribution in [1.82, 2.24) is 10.6 Å². The predicted molar refractivity (Wildman–Crippen MR) is 74.9 cm³/mol. The summed E-state index contributed by atoms with van der Waals surface area (Å²) in [7, 11) is 0. The van der Waals surface area contributed by atoms with E-state index in [-0.39, 0.29) is 6.04 Å². The predicted octanol–water partition coefficient (Wildman–Crippen LogP) is 1.67. The van der Waals surface area contributed by atoms with Gasteiger partial charge in [0.25, 0.3) is 0 Å². The van der Waals surface area contributed by atoms with E-state index in [0.29, 0.717) is 24.8 Å². The zero-order chi connectivity index (χ0) is 13.8. The molecule has 5 heteroatoms. The molecule has 0 radical (unpaired) electrons. The molecule has 2 amide bonds. The van der Waals surface area contributed by atoms with Crippen molar-refractivity contribution < 1.29 is 9.59 Å². The minimum Gasteiger partial charge on any atom is -0.348 e. The molecular weight excluding hydrogens is 264 g/mol. The van der Waals surface area contributed by atoms with E-state index >= 15 is 0 Å². The van der Waals surface area contributed by atoms with Gasteiger partial charge in [-0.2, -0.15) is 0 Å². The first kappa shape index (κ1) is 14.6. The molecule has 0 aromatic carbocycles. The third kappa shape index (κ3) is 3.62. The van der Waals surface area contributed by atoms with E-state index in [1.54, 1.807) is 0 Å². The van der Waals surface area contributed by atoms with Gasteiger partial charge in [0.15, 0.2) is 0 Å². The average Bonchev–Trinajstić information content (AvgIpc) is 3.01. The van der Waals surface area contributed by atoms with Crippen LogP contribution in [-0.4, -0.2) is 30.3 Å². The maximum atomic E-state index is 11.8. The van der Waals surface area contributed by atoms with E-state index < -0.39 is 11.8 Å². The van der Waals surface area contributed by atoms with Gasteiger partial charge >= 0.3 is 11.8 Å². The van der Waals surface area contributed by atoms with Crippen molar-refractivity contribution in [2.75, 3.05) is 12.4 Å². The van der Waals surface area contributed by atoms with Gasteiger partial charge in [0.05, 0.1) is 0 Å². The molecule has 4 atom stereocenters. The van der Waals surface area contributed by atoms with E-state index in [0.717, 1.165) is 11.8 Å². The van der Waals surface area contributed by atoms with Crippen LogP contribution in [0.15, 0.2) is 0 Å². The first-order valence-electron chi connectivity index (χ1n) is 7.26. The Balaban J connectivity index is 1.74. The smallest absolute Gasteiger partial charge is 0.309 e. The Bertz CT molecular complexity index is 348. The summed E-state index contributed by atoms with van der Waals surface area (Å²) < 4.78 is 0. The molecule has 108 valence electrons. The Morgan fingerprint density at radius 1 is 1.26 bits per heavy atom. The largest absolute Gasteiger partial charge is 0.348 e. The summed E-state index contributed by atoms with van der Waals surface area (Å²) in [5.74, 6) is 1.60. The summed E-state index contributed by atoms with van der Waals surface area (Å²) in [6.07, 6.45) is 5.84. The molecular formula is C14H23ClN2O2. The highest BCUT2D eigenvalue weighted by Gasteiger charge is 2.42. The van der Waals surface area contributed by atoms with Crippen LogP contribution in [-0.2, 0) is 9.59 Å². The molecule has 0 heterocycles. The molecule has 19 heavy (non-hydrogen) atoms. The van der Waals surface area contributed by atoms with Crippen molar-refractivity contribution >= 4 is 23.4 Å². The summed E-state index contributed by atoms with van der Waals surface area (Å²) in [5, 5.41) is 5.43. The average molecular weight is 287 g/mol. The highest BCUT2D eigenvalue weighted by molar-refractivity contribution is 6.35. The van der Waals surface area contributed by atoms with E-state index in [4.69, 9.17) is 11.6 Å². The number of alkyl halides is 1. The highest BCUT2D eigenvalue weighted by Crippen LogP contribution is 2.49. The fourth-order valence-electron chi connectivity index (χ4n) is 3.63. The van der Waals surface area contributed by atoms with Gasteiger partial charge < -0.3 is 10.6 Å². The number of hydrogen-bond acceptors (Lipinski definition) is 2. The molecule has 2 aliphatic carbocycles. The van der Waals surface area contributed by atoms with Crippen LogP contribution in [0.3, 0.4) is 0 Å². The van der Waals surface area contributed by atoms with Crippen LogP contribution in [0.2, 0.25) is 0 Å². The number of amides is 2. The topological polar surface area (TPSA) is 58.2 Å². The van der Waals surface area contributed by atoms with E-state index in [1.165, 1.54) is 25.7 Å². The molecule has 0 spiro atoms. The number of halogens is 1. The first-order chi connectivity index (χ1) is 9.11. The Hall–Kier alpha value is -0.770. The van der Waals surface area contributed by atoms with Crippen LogP contribution >= 0.6 is 11.6 Å². The molecule has 2 aliphatic rings. The molecule has 2 N–H and O–H groups in total. The van der Waals surface area contributed by atoms with Gasteiger partial charge in [-0.15, -0.1) is 11.6 Å². The number of nitrogens with one attached hydrogen (secondary N) is 2. The molecule has 2 saturated carbocycles. The van der Waals surface area contributed by atoms with Crippen LogP contribution in [0.5, 0.6) is 0 Å². The van der Waals surface area contributed by atoms with Gasteiger partial charge in [0.1, 0.15) is 0 Å². The van der Waals surface area contributed by atoms with Crippen LogP contribution in [0.25, 0.3) is 0 Å². The van der Waals surface area contributed by atoms with E-state index in [1.807, 2.05) is 6.92 Å². The minimum absolute atomic E-state index is 0.0987. The maximum Gasteiger partial charge on any atom is 0.309 e. The summed E-state index contributed by atoms with van der Waals surface area (Å²) >= 11 is 5.52. The molecule has 2 fully saturated rings. The summed E-state index contributed by atoms with van der Waals surface area (Å²) in [5.41, 5.74) is 0. The quantitative estimate of drug-likeness (QED) is 0.459. The molecule has 2 bridgehead atoms. The number of fused-ring (bicyclic) bond motifs is 2. The zero-order valence-corrected chi connectivity index (χ0v) is 12.2. The lowest BCUT2D eigenvalue weighted by molar-refractivity contribution is -0.139. The Morgan fingerprint density at radius 3 is 2.63 bits per heavy atom. The SMILES string of the molecule is CC(NC(=O)C(=O)NCCCCl)C1CC2CCC1C2. The Kier molecular flexibility index (Phi) is 5.08. The Labute approximate surface area is 119 Å². The van der Waals surface area contributed by atoms with E-state index in [9.17, 15) is 9.59 Å². The molecule has 2 rings (SSSR count). The normalized spacial score (nSPS) is 30.1. The minimum atomic E-state index is -0.542. The van der Waals surface area contributed by atoms with E-state index in [2.05, 4.69) is 10.6 Å². The van der Waals surface area contributed by atoms with Gasteiger partial charge in [-0.05, 0) is 50.4 Å². The standard InChI is InChI=1S/C14H23ClN2O2/c1-9(12-8-10-3-4-11(12)7-10)17-14(19)13(18)16-6-2-5-15/h9-12H,2-8H2,1H3,(H,16,18)(H,17,19). The summed E-state index contributed by atoms with van der Waals surface area (Å²) in [4.78, 5) is 23.3. The first-order valence-corrected chi connectivity index (χ1v) is 7.80. The molecule has 0 aromatic rings. The van der Waals surface area contributed by atoms with Gasteiger partial charge in [0, 0.05) is 18.5 Å². The second-order valence-corrected chi connectivity index (χ2v) is 6.28. The van der Waals surface area contributed by atoms with Crippen LogP contribution < -0.4 is 10.6 Å². The van der Waals surface area contributed by atoms with Crippen molar-refractivity contribution in [1.29, 1.82) is 0 Å². The van der Waals surface area contributed by atoms with Gasteiger partial charge in [-0.3, -0.25) is 9.59 Å². The molecule has 4 nitrogen and oxygen atoms in total. The lowest BCUT2D eigenvalue weighted by atomic mass is 9.84. The highest BCUT2D eigenvalue weighted by atomic mass is 35.5. The van der Waals surface area contributed by atoms with Crippen molar-refractivity contribution in [3.8, 4) is 0 Å². The number of rotatable bonds is 5. The number of carbonyl (C=O) groups excluding carboxylic acids is 2. The van der Waals surface area contributed by atoms with Crippen molar-refractivity contribution in [3.05, 3.63) is 0 Å². The third-order valence-corrected chi connectivity index (χ3v) is 4.86. The zero-order valence-electron chi connectivity index (χ0n) is 11.5. The fraction of sp³-hybridized carbons (Fsp3) is 0.857. The molecule has 4 unspecified atom stereocenters. The third-order valence-electron chi connectivity index (χ3n) is 4.60. The van der Waals surface area contributed by atoms with Gasteiger partial charge in [0.2, 0.25) is 0 Å².